The van der Waals surface area contributed by atoms with Gasteiger partial charge in [0.05, 0.1) is 0 Å². The molecular formula is C17H25F2N. The van der Waals surface area contributed by atoms with Crippen molar-refractivity contribution in [3.05, 3.63) is 35.4 Å². The summed E-state index contributed by atoms with van der Waals surface area (Å²) in [6.07, 6.45) is 5.44. The molecule has 0 amide bonds. The minimum atomic E-state index is -0.493. The fourth-order valence-electron chi connectivity index (χ4n) is 3.29. The van der Waals surface area contributed by atoms with Crippen LogP contribution in [0.25, 0.3) is 0 Å². The molecule has 0 radical (unpaired) electrons. The monoisotopic (exact) mass is 281 g/mol. The molecule has 112 valence electrons. The molecule has 1 nitrogen and oxygen atoms in total. The summed E-state index contributed by atoms with van der Waals surface area (Å²) < 4.78 is 27.3. The normalized spacial score (nSPS) is 18.4. The van der Waals surface area contributed by atoms with Crippen LogP contribution >= 0.6 is 0 Å². The van der Waals surface area contributed by atoms with Crippen LogP contribution in [0.3, 0.4) is 0 Å². The number of hydrogen-bond donors (Lipinski definition) is 1. The molecule has 0 bridgehead atoms. The SMILES string of the molecule is CC(C)CNCC1(c2ccc(F)cc2F)CCCCC1. The second-order valence-electron chi connectivity index (χ2n) is 6.49. The van der Waals surface area contributed by atoms with Gasteiger partial charge in [-0.15, -0.1) is 0 Å². The molecule has 1 aromatic carbocycles. The Kier molecular flexibility index (Phi) is 5.14. The van der Waals surface area contributed by atoms with Crippen molar-refractivity contribution in [2.45, 2.75) is 51.4 Å². The Hall–Kier alpha value is -0.960. The largest absolute Gasteiger partial charge is 0.316 e. The Morgan fingerprint density at radius 2 is 1.85 bits per heavy atom. The van der Waals surface area contributed by atoms with Crippen molar-refractivity contribution in [3.8, 4) is 0 Å². The fourth-order valence-corrected chi connectivity index (χ4v) is 3.29. The fraction of sp³-hybridized carbons (Fsp3) is 0.647. The van der Waals surface area contributed by atoms with E-state index in [-0.39, 0.29) is 5.41 Å². The van der Waals surface area contributed by atoms with E-state index in [4.69, 9.17) is 0 Å². The third-order valence-electron chi connectivity index (χ3n) is 4.33. The van der Waals surface area contributed by atoms with Crippen molar-refractivity contribution in [3.63, 3.8) is 0 Å². The van der Waals surface area contributed by atoms with Crippen LogP contribution in [0.15, 0.2) is 18.2 Å². The van der Waals surface area contributed by atoms with Crippen LogP contribution in [0.5, 0.6) is 0 Å². The quantitative estimate of drug-likeness (QED) is 0.843. The van der Waals surface area contributed by atoms with Gasteiger partial charge in [0.1, 0.15) is 11.6 Å². The highest BCUT2D eigenvalue weighted by molar-refractivity contribution is 5.29. The summed E-state index contributed by atoms with van der Waals surface area (Å²) in [5, 5.41) is 3.48. The topological polar surface area (TPSA) is 12.0 Å². The second-order valence-corrected chi connectivity index (χ2v) is 6.49. The van der Waals surface area contributed by atoms with E-state index >= 15 is 0 Å². The van der Waals surface area contributed by atoms with Gasteiger partial charge in [-0.2, -0.15) is 0 Å². The van der Waals surface area contributed by atoms with E-state index in [0.717, 1.165) is 44.8 Å². The van der Waals surface area contributed by atoms with Gasteiger partial charge >= 0.3 is 0 Å². The van der Waals surface area contributed by atoms with Gasteiger partial charge in [-0.1, -0.05) is 39.2 Å². The minimum absolute atomic E-state index is 0.162. The van der Waals surface area contributed by atoms with Gasteiger partial charge in [0.15, 0.2) is 0 Å². The zero-order chi connectivity index (χ0) is 14.6. The van der Waals surface area contributed by atoms with Crippen LogP contribution in [0.1, 0.15) is 51.5 Å². The summed E-state index contributed by atoms with van der Waals surface area (Å²) in [6.45, 7) is 6.05. The lowest BCUT2D eigenvalue weighted by Crippen LogP contribution is -2.41. The first-order valence-electron chi connectivity index (χ1n) is 7.70. The van der Waals surface area contributed by atoms with Crippen molar-refractivity contribution in [2.75, 3.05) is 13.1 Å². The molecule has 1 aliphatic carbocycles. The van der Waals surface area contributed by atoms with Crippen molar-refractivity contribution >= 4 is 0 Å². The Morgan fingerprint density at radius 1 is 1.15 bits per heavy atom. The Balaban J connectivity index is 2.21. The zero-order valence-electron chi connectivity index (χ0n) is 12.5. The summed E-state index contributed by atoms with van der Waals surface area (Å²) in [5.41, 5.74) is 0.528. The second kappa shape index (κ2) is 6.66. The van der Waals surface area contributed by atoms with E-state index in [2.05, 4.69) is 19.2 Å². The third kappa shape index (κ3) is 3.57. The summed E-state index contributed by atoms with van der Waals surface area (Å²) in [6, 6.07) is 4.05. The molecule has 20 heavy (non-hydrogen) atoms. The average molecular weight is 281 g/mol. The van der Waals surface area contributed by atoms with E-state index < -0.39 is 11.6 Å². The maximum Gasteiger partial charge on any atom is 0.129 e. The van der Waals surface area contributed by atoms with Crippen LogP contribution in [0, 0.1) is 17.6 Å². The molecule has 1 aliphatic rings. The van der Waals surface area contributed by atoms with Crippen molar-refractivity contribution in [2.24, 2.45) is 5.92 Å². The van der Waals surface area contributed by atoms with Crippen LogP contribution < -0.4 is 5.32 Å². The number of benzene rings is 1. The summed E-state index contributed by atoms with van der Waals surface area (Å²) in [7, 11) is 0. The highest BCUT2D eigenvalue weighted by atomic mass is 19.1. The number of rotatable bonds is 5. The molecule has 2 rings (SSSR count). The van der Waals surface area contributed by atoms with Gasteiger partial charge < -0.3 is 5.32 Å². The molecule has 0 saturated heterocycles. The molecule has 0 aliphatic heterocycles. The molecule has 0 aromatic heterocycles. The van der Waals surface area contributed by atoms with Crippen LogP contribution in [0.2, 0.25) is 0 Å². The highest BCUT2D eigenvalue weighted by Gasteiger charge is 2.35. The smallest absolute Gasteiger partial charge is 0.129 e. The van der Waals surface area contributed by atoms with Crippen molar-refractivity contribution in [1.29, 1.82) is 0 Å². The maximum atomic E-state index is 14.2. The first kappa shape index (κ1) is 15.4. The van der Waals surface area contributed by atoms with E-state index in [0.29, 0.717) is 11.5 Å². The minimum Gasteiger partial charge on any atom is -0.316 e. The molecule has 0 atom stereocenters. The number of halogens is 2. The van der Waals surface area contributed by atoms with Crippen molar-refractivity contribution < 1.29 is 8.78 Å². The Bertz CT molecular complexity index is 437. The number of hydrogen-bond acceptors (Lipinski definition) is 1. The number of nitrogens with one attached hydrogen (secondary N) is 1. The van der Waals surface area contributed by atoms with Crippen LogP contribution in [-0.4, -0.2) is 13.1 Å². The van der Waals surface area contributed by atoms with Gasteiger partial charge in [0.2, 0.25) is 0 Å². The van der Waals surface area contributed by atoms with Gasteiger partial charge in [0, 0.05) is 18.0 Å². The van der Waals surface area contributed by atoms with Crippen LogP contribution in [-0.2, 0) is 5.41 Å². The third-order valence-corrected chi connectivity index (χ3v) is 4.33. The first-order chi connectivity index (χ1) is 9.53. The molecule has 3 heteroatoms. The lowest BCUT2D eigenvalue weighted by atomic mass is 9.69. The Labute approximate surface area is 120 Å². The van der Waals surface area contributed by atoms with E-state index in [9.17, 15) is 8.78 Å². The molecule has 1 fully saturated rings. The van der Waals surface area contributed by atoms with Crippen molar-refractivity contribution in [1.82, 2.24) is 5.32 Å². The van der Waals surface area contributed by atoms with E-state index in [1.165, 1.54) is 12.5 Å². The lowest BCUT2D eigenvalue weighted by Gasteiger charge is -2.38. The molecule has 0 spiro atoms. The predicted octanol–water partition coefficient (Wildman–Crippen LogP) is 4.41. The molecule has 1 N–H and O–H groups in total. The average Bonchev–Trinajstić information content (AvgIpc) is 2.39. The Morgan fingerprint density at radius 3 is 2.45 bits per heavy atom. The molecular weight excluding hydrogens is 256 g/mol. The lowest BCUT2D eigenvalue weighted by molar-refractivity contribution is 0.268. The first-order valence-corrected chi connectivity index (χ1v) is 7.70. The van der Waals surface area contributed by atoms with Gasteiger partial charge in [0.25, 0.3) is 0 Å². The van der Waals surface area contributed by atoms with Crippen LogP contribution in [0.4, 0.5) is 8.78 Å². The standard InChI is InChI=1S/C17H25F2N/c1-13(2)11-20-12-17(8-4-3-5-9-17)15-7-6-14(18)10-16(15)19/h6-7,10,13,20H,3-5,8-9,11-12H2,1-2H3. The summed E-state index contributed by atoms with van der Waals surface area (Å²) in [5.74, 6) is -0.306. The van der Waals surface area contributed by atoms with E-state index in [1.807, 2.05) is 0 Å². The predicted molar refractivity (Wildman–Crippen MR) is 78.8 cm³/mol. The molecule has 1 saturated carbocycles. The molecule has 0 unspecified atom stereocenters. The van der Waals surface area contributed by atoms with Gasteiger partial charge in [-0.3, -0.25) is 0 Å². The highest BCUT2D eigenvalue weighted by Crippen LogP contribution is 2.40. The van der Waals surface area contributed by atoms with E-state index in [1.54, 1.807) is 6.07 Å². The van der Waals surface area contributed by atoms with Gasteiger partial charge in [-0.25, -0.2) is 8.78 Å². The zero-order valence-corrected chi connectivity index (χ0v) is 12.5. The van der Waals surface area contributed by atoms with Gasteiger partial charge in [-0.05, 0) is 36.9 Å². The summed E-state index contributed by atoms with van der Waals surface area (Å²) >= 11 is 0. The maximum absolute atomic E-state index is 14.2. The summed E-state index contributed by atoms with van der Waals surface area (Å²) in [4.78, 5) is 0. The molecule has 0 heterocycles. The molecule has 1 aromatic rings.